The number of nitrogens with two attached hydrogens (primary N) is 1. The smallest absolute Gasteiger partial charge is 0.122 e. The van der Waals surface area contributed by atoms with Gasteiger partial charge in [-0.25, -0.2) is 5.43 Å². The molecule has 0 saturated carbocycles. The summed E-state index contributed by atoms with van der Waals surface area (Å²) in [5, 5.41) is 10.5. The number of nitrogens with zero attached hydrogens (tertiary/aromatic N) is 2. The summed E-state index contributed by atoms with van der Waals surface area (Å²) in [7, 11) is 1.66. The van der Waals surface area contributed by atoms with E-state index < -0.39 is 0 Å². The van der Waals surface area contributed by atoms with E-state index in [1.54, 1.807) is 13.3 Å². The number of hydrazine groups is 1. The van der Waals surface area contributed by atoms with Crippen LogP contribution in [0, 0.1) is 13.8 Å². The lowest BCUT2D eigenvalue weighted by atomic mass is 9.97. The summed E-state index contributed by atoms with van der Waals surface area (Å²) in [6, 6.07) is 3.86. The Kier molecular flexibility index (Phi) is 3.59. The lowest BCUT2D eigenvalue weighted by Crippen LogP contribution is -2.29. The highest BCUT2D eigenvalue weighted by Gasteiger charge is 2.18. The zero-order valence-electron chi connectivity index (χ0n) is 10.7. The van der Waals surface area contributed by atoms with E-state index in [1.807, 2.05) is 26.0 Å². The summed E-state index contributed by atoms with van der Waals surface area (Å²) in [6.07, 6.45) is 1.66. The lowest BCUT2D eigenvalue weighted by Gasteiger charge is -2.18. The summed E-state index contributed by atoms with van der Waals surface area (Å²) in [5.41, 5.74) is 6.72. The normalized spacial score (nSPS) is 12.4. The van der Waals surface area contributed by atoms with Crippen molar-refractivity contribution in [1.29, 1.82) is 0 Å². The van der Waals surface area contributed by atoms with Gasteiger partial charge in [-0.2, -0.15) is 15.4 Å². The number of aromatic nitrogens is 3. The van der Waals surface area contributed by atoms with Crippen molar-refractivity contribution in [2.75, 3.05) is 7.11 Å². The fourth-order valence-corrected chi connectivity index (χ4v) is 2.03. The average molecular weight is 247 g/mol. The van der Waals surface area contributed by atoms with E-state index in [0.717, 1.165) is 28.1 Å². The summed E-state index contributed by atoms with van der Waals surface area (Å²) in [5.74, 6) is 6.49. The van der Waals surface area contributed by atoms with E-state index in [1.165, 1.54) is 0 Å². The molecule has 0 aliphatic heterocycles. The standard InChI is InChI=1S/C12H17N5O/c1-7-5-11(18-3)8(2)4-9(7)12(15-13)10-6-14-17-16-10/h4-6,12,15H,13H2,1-3H3,(H,14,16,17). The molecular weight excluding hydrogens is 230 g/mol. The second-order valence-electron chi connectivity index (χ2n) is 4.17. The van der Waals surface area contributed by atoms with E-state index in [-0.39, 0.29) is 6.04 Å². The van der Waals surface area contributed by atoms with Crippen LogP contribution in [-0.2, 0) is 0 Å². The van der Waals surface area contributed by atoms with Gasteiger partial charge in [-0.1, -0.05) is 6.07 Å². The number of methoxy groups -OCH3 is 1. The molecule has 0 amide bonds. The van der Waals surface area contributed by atoms with Crippen LogP contribution in [-0.4, -0.2) is 22.5 Å². The molecule has 1 unspecified atom stereocenters. The van der Waals surface area contributed by atoms with Crippen LogP contribution in [0.5, 0.6) is 5.75 Å². The van der Waals surface area contributed by atoms with Crippen LogP contribution >= 0.6 is 0 Å². The molecule has 2 aromatic rings. The molecule has 6 heteroatoms. The van der Waals surface area contributed by atoms with Crippen LogP contribution in [0.4, 0.5) is 0 Å². The number of hydrogen-bond donors (Lipinski definition) is 3. The molecule has 1 atom stereocenters. The maximum absolute atomic E-state index is 5.62. The summed E-state index contributed by atoms with van der Waals surface area (Å²) < 4.78 is 5.30. The Labute approximate surface area is 106 Å². The Morgan fingerprint density at radius 1 is 1.33 bits per heavy atom. The zero-order valence-corrected chi connectivity index (χ0v) is 10.7. The summed E-state index contributed by atoms with van der Waals surface area (Å²) in [6.45, 7) is 4.01. The number of rotatable bonds is 4. The molecule has 0 saturated heterocycles. The molecule has 0 aliphatic rings. The summed E-state index contributed by atoms with van der Waals surface area (Å²) in [4.78, 5) is 0. The molecule has 1 aromatic heterocycles. The largest absolute Gasteiger partial charge is 0.496 e. The van der Waals surface area contributed by atoms with E-state index in [0.29, 0.717) is 0 Å². The maximum atomic E-state index is 5.62. The van der Waals surface area contributed by atoms with Crippen LogP contribution in [0.2, 0.25) is 0 Å². The number of hydrogen-bond acceptors (Lipinski definition) is 5. The number of H-pyrrole nitrogens is 1. The van der Waals surface area contributed by atoms with Crippen LogP contribution < -0.4 is 16.0 Å². The van der Waals surface area contributed by atoms with E-state index in [2.05, 4.69) is 20.8 Å². The molecule has 0 aliphatic carbocycles. The minimum atomic E-state index is -0.187. The Morgan fingerprint density at radius 2 is 2.11 bits per heavy atom. The predicted octanol–water partition coefficient (Wildman–Crippen LogP) is 0.983. The highest BCUT2D eigenvalue weighted by Crippen LogP contribution is 2.28. The van der Waals surface area contributed by atoms with Crippen molar-refractivity contribution < 1.29 is 4.74 Å². The van der Waals surface area contributed by atoms with Crippen molar-refractivity contribution in [1.82, 2.24) is 20.8 Å². The van der Waals surface area contributed by atoms with Gasteiger partial charge in [-0.15, -0.1) is 0 Å². The average Bonchev–Trinajstić information content (AvgIpc) is 2.87. The summed E-state index contributed by atoms with van der Waals surface area (Å²) >= 11 is 0. The van der Waals surface area contributed by atoms with Crippen molar-refractivity contribution in [3.63, 3.8) is 0 Å². The number of ether oxygens (including phenoxy) is 1. The predicted molar refractivity (Wildman–Crippen MR) is 68.0 cm³/mol. The Balaban J connectivity index is 2.46. The fourth-order valence-electron chi connectivity index (χ4n) is 2.03. The van der Waals surface area contributed by atoms with Crippen molar-refractivity contribution in [2.45, 2.75) is 19.9 Å². The Morgan fingerprint density at radius 3 is 2.67 bits per heavy atom. The Bertz CT molecular complexity index is 524. The first-order valence-electron chi connectivity index (χ1n) is 5.64. The van der Waals surface area contributed by atoms with Gasteiger partial charge in [0, 0.05) is 0 Å². The van der Waals surface area contributed by atoms with Gasteiger partial charge in [0.2, 0.25) is 0 Å². The third kappa shape index (κ3) is 2.20. The number of aryl methyl sites for hydroxylation is 2. The Hall–Kier alpha value is -1.92. The van der Waals surface area contributed by atoms with Crippen LogP contribution in [0.1, 0.15) is 28.4 Å². The van der Waals surface area contributed by atoms with Crippen molar-refractivity contribution in [2.24, 2.45) is 5.84 Å². The minimum absolute atomic E-state index is 0.187. The van der Waals surface area contributed by atoms with Crippen LogP contribution in [0.15, 0.2) is 18.3 Å². The molecule has 4 N–H and O–H groups in total. The van der Waals surface area contributed by atoms with Gasteiger partial charge in [0.25, 0.3) is 0 Å². The third-order valence-electron chi connectivity index (χ3n) is 2.99. The number of aromatic amines is 1. The first kappa shape index (κ1) is 12.5. The quantitative estimate of drug-likeness (QED) is 0.553. The lowest BCUT2D eigenvalue weighted by molar-refractivity contribution is 0.411. The first-order chi connectivity index (χ1) is 8.67. The van der Waals surface area contributed by atoms with Gasteiger partial charge >= 0.3 is 0 Å². The van der Waals surface area contributed by atoms with Gasteiger partial charge in [-0.05, 0) is 36.6 Å². The molecule has 0 bridgehead atoms. The van der Waals surface area contributed by atoms with E-state index in [4.69, 9.17) is 10.6 Å². The molecule has 18 heavy (non-hydrogen) atoms. The maximum Gasteiger partial charge on any atom is 0.122 e. The first-order valence-corrected chi connectivity index (χ1v) is 5.64. The molecule has 0 spiro atoms. The number of benzene rings is 1. The highest BCUT2D eigenvalue weighted by molar-refractivity contribution is 5.44. The van der Waals surface area contributed by atoms with Gasteiger partial charge in [0.15, 0.2) is 0 Å². The van der Waals surface area contributed by atoms with Crippen molar-refractivity contribution in [3.05, 3.63) is 40.7 Å². The molecule has 6 nitrogen and oxygen atoms in total. The topological polar surface area (TPSA) is 88.9 Å². The van der Waals surface area contributed by atoms with Crippen molar-refractivity contribution >= 4 is 0 Å². The molecular formula is C12H17N5O. The molecule has 96 valence electrons. The SMILES string of the molecule is COc1cc(C)c(C(NN)c2cn[nH]n2)cc1C. The van der Waals surface area contributed by atoms with Crippen LogP contribution in [0.25, 0.3) is 0 Å². The minimum Gasteiger partial charge on any atom is -0.496 e. The molecule has 1 heterocycles. The van der Waals surface area contributed by atoms with E-state index >= 15 is 0 Å². The van der Waals surface area contributed by atoms with Gasteiger partial charge in [0.1, 0.15) is 11.4 Å². The van der Waals surface area contributed by atoms with Crippen LogP contribution in [0.3, 0.4) is 0 Å². The van der Waals surface area contributed by atoms with Crippen molar-refractivity contribution in [3.8, 4) is 5.75 Å². The van der Waals surface area contributed by atoms with Gasteiger partial charge in [0.05, 0.1) is 19.3 Å². The molecule has 0 radical (unpaired) electrons. The monoisotopic (exact) mass is 247 g/mol. The number of nitrogens with one attached hydrogen (secondary N) is 2. The third-order valence-corrected chi connectivity index (χ3v) is 2.99. The molecule has 1 aromatic carbocycles. The molecule has 0 fully saturated rings. The molecule has 2 rings (SSSR count). The van der Waals surface area contributed by atoms with Gasteiger partial charge < -0.3 is 4.74 Å². The second kappa shape index (κ2) is 5.16. The highest BCUT2D eigenvalue weighted by atomic mass is 16.5. The van der Waals surface area contributed by atoms with Gasteiger partial charge in [-0.3, -0.25) is 5.84 Å². The zero-order chi connectivity index (χ0) is 13.1. The second-order valence-corrected chi connectivity index (χ2v) is 4.17. The fraction of sp³-hybridized carbons (Fsp3) is 0.333. The van der Waals surface area contributed by atoms with E-state index in [9.17, 15) is 0 Å².